The van der Waals surface area contributed by atoms with Crippen LogP contribution in [0.4, 0.5) is 5.69 Å². The zero-order valence-corrected chi connectivity index (χ0v) is 21.5. The number of anilines is 1. The zero-order valence-electron chi connectivity index (χ0n) is 20.0. The van der Waals surface area contributed by atoms with E-state index in [0.717, 1.165) is 54.6 Å². The molecule has 4 rings (SSSR count). The number of aryl methyl sites for hydroxylation is 1. The van der Waals surface area contributed by atoms with Gasteiger partial charge < -0.3 is 14.7 Å². The lowest BCUT2D eigenvalue weighted by molar-refractivity contribution is 0.0955. The molecule has 0 unspecified atom stereocenters. The van der Waals surface area contributed by atoms with Gasteiger partial charge in [-0.15, -0.1) is 0 Å². The molecule has 0 aromatic heterocycles. The minimum atomic E-state index is -0.417. The summed E-state index contributed by atoms with van der Waals surface area (Å²) in [5.41, 5.74) is 5.83. The standard InChI is InChI=1S/C27H28Cl2N4O3/c1-19-16-24(8-2-21(19)18-30-31-27(35)20-3-9-26(34)25(29)17-20)36-15-14-32-10-12-33(13-11-32)23-6-4-22(28)5-7-23/h2-9,16-18,34H,10-15H2,1H3,(H,31,35)/b30-18+. The average molecular weight is 527 g/mol. The highest BCUT2D eigenvalue weighted by Crippen LogP contribution is 2.23. The van der Waals surface area contributed by atoms with Crippen molar-refractivity contribution >= 4 is 41.0 Å². The first-order valence-corrected chi connectivity index (χ1v) is 12.4. The van der Waals surface area contributed by atoms with E-state index in [0.29, 0.717) is 12.2 Å². The second-order valence-electron chi connectivity index (χ2n) is 8.54. The minimum absolute atomic E-state index is 0.0774. The summed E-state index contributed by atoms with van der Waals surface area (Å²) in [5, 5.41) is 14.4. The van der Waals surface area contributed by atoms with Crippen molar-refractivity contribution in [3.05, 3.63) is 87.4 Å². The second-order valence-corrected chi connectivity index (χ2v) is 9.38. The normalized spacial score (nSPS) is 14.2. The van der Waals surface area contributed by atoms with Crippen LogP contribution in [0.25, 0.3) is 0 Å². The van der Waals surface area contributed by atoms with E-state index in [4.69, 9.17) is 27.9 Å². The number of halogens is 2. The maximum absolute atomic E-state index is 12.2. The van der Waals surface area contributed by atoms with Gasteiger partial charge in [0.05, 0.1) is 11.2 Å². The molecule has 3 aromatic carbocycles. The smallest absolute Gasteiger partial charge is 0.271 e. The third-order valence-corrected chi connectivity index (χ3v) is 6.62. The maximum Gasteiger partial charge on any atom is 0.271 e. The zero-order chi connectivity index (χ0) is 25.5. The molecule has 0 atom stereocenters. The molecule has 0 bridgehead atoms. The SMILES string of the molecule is Cc1cc(OCCN2CCN(c3ccc(Cl)cc3)CC2)ccc1/C=N/NC(=O)c1ccc(O)c(Cl)c1. The first kappa shape index (κ1) is 25.8. The van der Waals surface area contributed by atoms with Crippen molar-refractivity contribution < 1.29 is 14.6 Å². The first-order chi connectivity index (χ1) is 17.4. The van der Waals surface area contributed by atoms with Crippen LogP contribution in [0.5, 0.6) is 11.5 Å². The van der Waals surface area contributed by atoms with Gasteiger partial charge in [0.2, 0.25) is 0 Å². The Morgan fingerprint density at radius 3 is 2.50 bits per heavy atom. The molecule has 7 nitrogen and oxygen atoms in total. The number of rotatable bonds is 8. The van der Waals surface area contributed by atoms with Crippen molar-refractivity contribution in [2.24, 2.45) is 5.10 Å². The van der Waals surface area contributed by atoms with Gasteiger partial charge in [0.15, 0.2) is 0 Å². The summed E-state index contributed by atoms with van der Waals surface area (Å²) in [6.45, 7) is 7.37. The van der Waals surface area contributed by atoms with Crippen LogP contribution in [0, 0.1) is 6.92 Å². The quantitative estimate of drug-likeness (QED) is 0.320. The predicted octanol–water partition coefficient (Wildman–Crippen LogP) is 4.97. The number of nitrogens with zero attached hydrogens (tertiary/aromatic N) is 3. The number of phenolic OH excluding ortho intramolecular Hbond substituents is 1. The molecule has 1 heterocycles. The average Bonchev–Trinajstić information content (AvgIpc) is 2.88. The summed E-state index contributed by atoms with van der Waals surface area (Å²) in [5.74, 6) is 0.304. The molecule has 0 saturated carbocycles. The Labute approximate surface area is 220 Å². The number of hydrazone groups is 1. The van der Waals surface area contributed by atoms with Crippen LogP contribution in [-0.2, 0) is 0 Å². The van der Waals surface area contributed by atoms with E-state index in [1.54, 1.807) is 6.21 Å². The molecule has 1 saturated heterocycles. The van der Waals surface area contributed by atoms with Crippen LogP contribution in [0.15, 0.2) is 65.8 Å². The number of phenols is 1. The van der Waals surface area contributed by atoms with Gasteiger partial charge in [-0.3, -0.25) is 9.69 Å². The van der Waals surface area contributed by atoms with Crippen molar-refractivity contribution in [2.75, 3.05) is 44.2 Å². The van der Waals surface area contributed by atoms with Crippen LogP contribution >= 0.6 is 23.2 Å². The molecular weight excluding hydrogens is 499 g/mol. The molecule has 1 fully saturated rings. The highest BCUT2D eigenvalue weighted by atomic mass is 35.5. The number of carbonyl (C=O) groups excluding carboxylic acids is 1. The summed E-state index contributed by atoms with van der Waals surface area (Å²) < 4.78 is 5.97. The highest BCUT2D eigenvalue weighted by Gasteiger charge is 2.17. The summed E-state index contributed by atoms with van der Waals surface area (Å²) in [6.07, 6.45) is 1.58. The van der Waals surface area contributed by atoms with Gasteiger partial charge in [-0.25, -0.2) is 5.43 Å². The number of nitrogens with one attached hydrogen (secondary N) is 1. The molecule has 2 N–H and O–H groups in total. The molecule has 0 aliphatic carbocycles. The third kappa shape index (κ3) is 6.91. The van der Waals surface area contributed by atoms with E-state index in [2.05, 4.69) is 32.5 Å². The van der Waals surface area contributed by atoms with Gasteiger partial charge in [0, 0.05) is 49.0 Å². The molecule has 0 radical (unpaired) electrons. The predicted molar refractivity (Wildman–Crippen MR) is 145 cm³/mol. The number of ether oxygens (including phenoxy) is 1. The van der Waals surface area contributed by atoms with E-state index < -0.39 is 5.91 Å². The summed E-state index contributed by atoms with van der Waals surface area (Å²) in [4.78, 5) is 17.0. The fourth-order valence-corrected chi connectivity index (χ4v) is 4.24. The van der Waals surface area contributed by atoms with Gasteiger partial charge in [-0.2, -0.15) is 5.10 Å². The highest BCUT2D eigenvalue weighted by molar-refractivity contribution is 6.32. The summed E-state index contributed by atoms with van der Waals surface area (Å²) in [6, 6.07) is 18.0. The van der Waals surface area contributed by atoms with Gasteiger partial charge >= 0.3 is 0 Å². The van der Waals surface area contributed by atoms with Gasteiger partial charge in [0.25, 0.3) is 5.91 Å². The van der Waals surface area contributed by atoms with Crippen molar-refractivity contribution in [3.63, 3.8) is 0 Å². The molecule has 3 aromatic rings. The molecule has 1 amide bonds. The van der Waals surface area contributed by atoms with Crippen LogP contribution in [0.2, 0.25) is 10.0 Å². The Kier molecular flexibility index (Phi) is 8.70. The van der Waals surface area contributed by atoms with Crippen molar-refractivity contribution in [3.8, 4) is 11.5 Å². The van der Waals surface area contributed by atoms with Crippen LogP contribution in [0.1, 0.15) is 21.5 Å². The molecule has 1 aliphatic rings. The Morgan fingerprint density at radius 2 is 1.81 bits per heavy atom. The van der Waals surface area contributed by atoms with Crippen LogP contribution in [-0.4, -0.2) is 61.5 Å². The number of carbonyl (C=O) groups is 1. The molecule has 9 heteroatoms. The number of hydrogen-bond acceptors (Lipinski definition) is 6. The number of amides is 1. The Bertz CT molecular complexity index is 1230. The molecule has 0 spiro atoms. The fourth-order valence-electron chi connectivity index (χ4n) is 3.93. The van der Waals surface area contributed by atoms with E-state index in [9.17, 15) is 9.90 Å². The van der Waals surface area contributed by atoms with Gasteiger partial charge in [-0.05, 0) is 78.7 Å². The van der Waals surface area contributed by atoms with E-state index >= 15 is 0 Å². The summed E-state index contributed by atoms with van der Waals surface area (Å²) in [7, 11) is 0. The van der Waals surface area contributed by atoms with Crippen molar-refractivity contribution in [1.29, 1.82) is 0 Å². The third-order valence-electron chi connectivity index (χ3n) is 6.06. The number of aromatic hydroxyl groups is 1. The number of hydrogen-bond donors (Lipinski definition) is 2. The van der Waals surface area contributed by atoms with Crippen molar-refractivity contribution in [1.82, 2.24) is 10.3 Å². The molecule has 188 valence electrons. The van der Waals surface area contributed by atoms with Gasteiger partial charge in [0.1, 0.15) is 18.1 Å². The largest absolute Gasteiger partial charge is 0.506 e. The molecule has 1 aliphatic heterocycles. The van der Waals surface area contributed by atoms with Crippen molar-refractivity contribution in [2.45, 2.75) is 6.92 Å². The lowest BCUT2D eigenvalue weighted by atomic mass is 10.1. The maximum atomic E-state index is 12.2. The Morgan fingerprint density at radius 1 is 1.06 bits per heavy atom. The second kappa shape index (κ2) is 12.1. The summed E-state index contributed by atoms with van der Waals surface area (Å²) >= 11 is 11.8. The van der Waals surface area contributed by atoms with E-state index in [1.165, 1.54) is 23.9 Å². The first-order valence-electron chi connectivity index (χ1n) is 11.7. The Balaban J connectivity index is 1.21. The van der Waals surface area contributed by atoms with Crippen LogP contribution in [0.3, 0.4) is 0 Å². The molecule has 36 heavy (non-hydrogen) atoms. The monoisotopic (exact) mass is 526 g/mol. The fraction of sp³-hybridized carbons (Fsp3) is 0.259. The number of piperazine rings is 1. The Hall–Kier alpha value is -3.26. The lowest BCUT2D eigenvalue weighted by Gasteiger charge is -2.36. The lowest BCUT2D eigenvalue weighted by Crippen LogP contribution is -2.47. The number of benzene rings is 3. The minimum Gasteiger partial charge on any atom is -0.506 e. The van der Waals surface area contributed by atoms with Gasteiger partial charge in [-0.1, -0.05) is 23.2 Å². The molecular formula is C27H28Cl2N4O3. The van der Waals surface area contributed by atoms with Crippen LogP contribution < -0.4 is 15.1 Å². The topological polar surface area (TPSA) is 77.4 Å². The van der Waals surface area contributed by atoms with E-state index in [1.807, 2.05) is 37.3 Å². The van der Waals surface area contributed by atoms with E-state index in [-0.39, 0.29) is 10.8 Å².